The van der Waals surface area contributed by atoms with Gasteiger partial charge in [0.05, 0.1) is 6.04 Å². The lowest BCUT2D eigenvalue weighted by Crippen LogP contribution is -2.88. The van der Waals surface area contributed by atoms with Gasteiger partial charge in [0.1, 0.15) is 0 Å². The van der Waals surface area contributed by atoms with Crippen molar-refractivity contribution in [1.29, 1.82) is 0 Å². The lowest BCUT2D eigenvalue weighted by molar-refractivity contribution is -0.633. The highest BCUT2D eigenvalue weighted by Gasteiger charge is 2.13. The maximum Gasteiger partial charge on any atom is 0.275 e. The Hall–Kier alpha value is -2.40. The summed E-state index contributed by atoms with van der Waals surface area (Å²) in [6.45, 7) is 2.47. The largest absolute Gasteiger partial charge is 0.354 e. The van der Waals surface area contributed by atoms with Crippen molar-refractivity contribution in [3.8, 4) is 0 Å². The molecule has 0 aliphatic heterocycles. The van der Waals surface area contributed by atoms with E-state index in [-0.39, 0.29) is 30.9 Å². The maximum absolute atomic E-state index is 12.0. The average molecular weight is 300 g/mol. The minimum absolute atomic E-state index is 0.0769. The topological polar surface area (TPSA) is 74.8 Å². The Morgan fingerprint density at radius 1 is 1.05 bits per heavy atom. The van der Waals surface area contributed by atoms with E-state index in [9.17, 15) is 9.59 Å². The molecule has 0 radical (unpaired) electrons. The second-order valence-corrected chi connectivity index (χ2v) is 5.23. The molecule has 5 heteroatoms. The molecule has 2 amide bonds. The first kappa shape index (κ1) is 16.0. The van der Waals surface area contributed by atoms with E-state index in [4.69, 9.17) is 0 Å². The molecule has 116 valence electrons. The Labute approximate surface area is 130 Å². The van der Waals surface area contributed by atoms with Gasteiger partial charge >= 0.3 is 0 Å². The minimum atomic E-state index is -0.0881. The first-order valence-electron chi connectivity index (χ1n) is 7.41. The van der Waals surface area contributed by atoms with Crippen LogP contribution in [-0.4, -0.2) is 32.0 Å². The van der Waals surface area contributed by atoms with Gasteiger partial charge in [0.25, 0.3) is 11.8 Å². The second-order valence-electron chi connectivity index (χ2n) is 5.23. The summed E-state index contributed by atoms with van der Waals surface area (Å²) >= 11 is 0. The molecule has 0 spiro atoms. The fraction of sp³-hybridized carbons (Fsp3) is 0.294. The van der Waals surface area contributed by atoms with Crippen molar-refractivity contribution in [2.45, 2.75) is 13.0 Å². The van der Waals surface area contributed by atoms with Crippen molar-refractivity contribution in [2.75, 3.05) is 20.1 Å². The Balaban J connectivity index is 1.97. The number of hydrogen-bond acceptors (Lipinski definition) is 2. The molecule has 22 heavy (non-hydrogen) atoms. The summed E-state index contributed by atoms with van der Waals surface area (Å²) in [5, 5.41) is 9.49. The van der Waals surface area contributed by atoms with Crippen molar-refractivity contribution in [3.63, 3.8) is 0 Å². The highest BCUT2D eigenvalue weighted by Crippen LogP contribution is 2.23. The summed E-state index contributed by atoms with van der Waals surface area (Å²) in [6, 6.07) is 14.1. The van der Waals surface area contributed by atoms with E-state index in [2.05, 4.69) is 28.8 Å². The van der Waals surface area contributed by atoms with Crippen LogP contribution in [0.5, 0.6) is 0 Å². The molecule has 2 aromatic rings. The quantitative estimate of drug-likeness (QED) is 0.719. The molecular weight excluding hydrogens is 278 g/mol. The molecule has 2 rings (SSSR count). The highest BCUT2D eigenvalue weighted by molar-refractivity contribution is 5.87. The summed E-state index contributed by atoms with van der Waals surface area (Å²) in [5.41, 5.74) is 1.10. The summed E-state index contributed by atoms with van der Waals surface area (Å²) in [4.78, 5) is 23.1. The number of benzene rings is 2. The molecule has 0 saturated heterocycles. The first-order valence-corrected chi connectivity index (χ1v) is 7.41. The molecule has 0 aliphatic rings. The van der Waals surface area contributed by atoms with Gasteiger partial charge in [-0.05, 0) is 23.3 Å². The molecule has 0 aliphatic carbocycles. The number of rotatable bonds is 6. The Morgan fingerprint density at radius 2 is 1.73 bits per heavy atom. The second kappa shape index (κ2) is 7.56. The third-order valence-electron chi connectivity index (χ3n) is 3.61. The van der Waals surface area contributed by atoms with Crippen LogP contribution in [0.4, 0.5) is 0 Å². The van der Waals surface area contributed by atoms with Gasteiger partial charge in [-0.25, -0.2) is 0 Å². The normalized spacial score (nSPS) is 11.9. The lowest BCUT2D eigenvalue weighted by Gasteiger charge is -2.16. The average Bonchev–Trinajstić information content (AvgIpc) is 2.54. The Kier molecular flexibility index (Phi) is 5.49. The first-order chi connectivity index (χ1) is 10.6. The van der Waals surface area contributed by atoms with Crippen molar-refractivity contribution >= 4 is 22.6 Å². The zero-order valence-corrected chi connectivity index (χ0v) is 12.9. The number of carbonyl (C=O) groups excluding carboxylic acids is 2. The molecule has 0 unspecified atom stereocenters. The fourth-order valence-corrected chi connectivity index (χ4v) is 2.44. The van der Waals surface area contributed by atoms with Crippen LogP contribution < -0.4 is 16.0 Å². The minimum Gasteiger partial charge on any atom is -0.354 e. The number of quaternary nitrogens is 1. The van der Waals surface area contributed by atoms with Crippen LogP contribution in [0, 0.1) is 0 Å². The van der Waals surface area contributed by atoms with Gasteiger partial charge in [0.2, 0.25) is 0 Å². The van der Waals surface area contributed by atoms with E-state index >= 15 is 0 Å². The number of likely N-dealkylation sites (N-methyl/N-ethyl adjacent to an activating group) is 1. The fourth-order valence-electron chi connectivity index (χ4n) is 2.44. The van der Waals surface area contributed by atoms with Crippen LogP contribution in [0.25, 0.3) is 10.8 Å². The Morgan fingerprint density at radius 3 is 2.50 bits per heavy atom. The number of fused-ring (bicyclic) bond motifs is 1. The van der Waals surface area contributed by atoms with E-state index in [1.165, 1.54) is 0 Å². The molecule has 0 saturated carbocycles. The lowest BCUT2D eigenvalue weighted by atomic mass is 10.00. The van der Waals surface area contributed by atoms with Crippen molar-refractivity contribution in [2.24, 2.45) is 0 Å². The number of carbonyl (C=O) groups is 2. The van der Waals surface area contributed by atoms with Gasteiger partial charge in [0.15, 0.2) is 13.1 Å². The van der Waals surface area contributed by atoms with Crippen LogP contribution in [0.15, 0.2) is 42.5 Å². The molecular formula is C17H22N3O2+. The molecule has 0 bridgehead atoms. The molecule has 1 atom stereocenters. The monoisotopic (exact) mass is 300 g/mol. The molecule has 0 heterocycles. The Bertz CT molecular complexity index is 665. The SMILES string of the molecule is CNC(=O)C[NH2+]CC(=O)N[C@H](C)c1cccc2ccccc12. The van der Waals surface area contributed by atoms with Crippen LogP contribution in [-0.2, 0) is 9.59 Å². The summed E-state index contributed by atoms with van der Waals surface area (Å²) in [6.07, 6.45) is 0. The highest BCUT2D eigenvalue weighted by atomic mass is 16.2. The molecule has 0 aromatic heterocycles. The maximum atomic E-state index is 12.0. The summed E-state index contributed by atoms with van der Waals surface area (Å²) < 4.78 is 0. The van der Waals surface area contributed by atoms with E-state index in [1.54, 1.807) is 12.4 Å². The van der Waals surface area contributed by atoms with Gasteiger partial charge in [-0.15, -0.1) is 0 Å². The van der Waals surface area contributed by atoms with Crippen LogP contribution in [0.1, 0.15) is 18.5 Å². The third-order valence-corrected chi connectivity index (χ3v) is 3.61. The zero-order chi connectivity index (χ0) is 15.9. The number of amides is 2. The van der Waals surface area contributed by atoms with Crippen molar-refractivity contribution < 1.29 is 14.9 Å². The van der Waals surface area contributed by atoms with Gasteiger partial charge < -0.3 is 16.0 Å². The standard InChI is InChI=1S/C17H21N3O2/c1-12(20-17(22)11-19-10-16(21)18-2)14-9-5-7-13-6-3-4-8-15(13)14/h3-9,12,19H,10-11H2,1-2H3,(H,18,21)(H,20,22)/p+1/t12-/m1/s1. The van der Waals surface area contributed by atoms with Gasteiger partial charge in [-0.2, -0.15) is 0 Å². The van der Waals surface area contributed by atoms with Gasteiger partial charge in [-0.3, -0.25) is 9.59 Å². The third kappa shape index (κ3) is 4.05. The molecule has 4 N–H and O–H groups in total. The molecule has 5 nitrogen and oxygen atoms in total. The van der Waals surface area contributed by atoms with Gasteiger partial charge in [-0.1, -0.05) is 42.5 Å². The van der Waals surface area contributed by atoms with Gasteiger partial charge in [0, 0.05) is 7.05 Å². The molecule has 2 aromatic carbocycles. The van der Waals surface area contributed by atoms with Crippen molar-refractivity contribution in [3.05, 3.63) is 48.0 Å². The number of hydrogen-bond donors (Lipinski definition) is 3. The van der Waals surface area contributed by atoms with Crippen LogP contribution in [0.2, 0.25) is 0 Å². The predicted molar refractivity (Wildman–Crippen MR) is 86.2 cm³/mol. The van der Waals surface area contributed by atoms with Crippen molar-refractivity contribution in [1.82, 2.24) is 10.6 Å². The van der Waals surface area contributed by atoms with E-state index in [0.29, 0.717) is 0 Å². The zero-order valence-electron chi connectivity index (χ0n) is 12.9. The number of nitrogens with one attached hydrogen (secondary N) is 2. The number of nitrogens with two attached hydrogens (primary N) is 1. The van der Waals surface area contributed by atoms with Crippen LogP contribution in [0.3, 0.4) is 0 Å². The molecule has 0 fully saturated rings. The predicted octanol–water partition coefficient (Wildman–Crippen LogP) is 0.326. The smallest absolute Gasteiger partial charge is 0.275 e. The van der Waals surface area contributed by atoms with E-state index in [1.807, 2.05) is 31.2 Å². The summed E-state index contributed by atoms with van der Waals surface area (Å²) in [7, 11) is 1.58. The summed E-state index contributed by atoms with van der Waals surface area (Å²) in [5.74, 6) is -0.167. The van der Waals surface area contributed by atoms with E-state index < -0.39 is 0 Å². The van der Waals surface area contributed by atoms with E-state index in [0.717, 1.165) is 16.3 Å². The van der Waals surface area contributed by atoms with Crippen LogP contribution >= 0.6 is 0 Å².